The predicted octanol–water partition coefficient (Wildman–Crippen LogP) is 3.69. The molecule has 0 radical (unpaired) electrons. The lowest BCUT2D eigenvalue weighted by molar-refractivity contribution is 0.0988. The van der Waals surface area contributed by atoms with E-state index in [9.17, 15) is 9.18 Å². The molecule has 1 aromatic heterocycles. The van der Waals surface area contributed by atoms with Crippen LogP contribution in [-0.2, 0) is 11.3 Å². The summed E-state index contributed by atoms with van der Waals surface area (Å²) in [6.07, 6.45) is 0.419. The van der Waals surface area contributed by atoms with Crippen molar-refractivity contribution < 1.29 is 13.9 Å². The van der Waals surface area contributed by atoms with E-state index >= 15 is 0 Å². The lowest BCUT2D eigenvalue weighted by Gasteiger charge is -2.01. The smallest absolute Gasteiger partial charge is 0.191 e. The second-order valence-electron chi connectivity index (χ2n) is 4.01. The van der Waals surface area contributed by atoms with Crippen molar-refractivity contribution >= 4 is 17.1 Å². The number of thiazole rings is 1. The number of aromatic nitrogens is 1. The van der Waals surface area contributed by atoms with E-state index in [0.29, 0.717) is 23.7 Å². The molecule has 0 amide bonds. The van der Waals surface area contributed by atoms with Crippen LogP contribution in [0.4, 0.5) is 4.39 Å². The SMILES string of the molecule is CCC(=O)c1nc(-c2ccc(F)cc2)c(COC)s1. The van der Waals surface area contributed by atoms with Crippen LogP contribution in [0.1, 0.15) is 28.0 Å². The number of ether oxygens (including phenoxy) is 1. The summed E-state index contributed by atoms with van der Waals surface area (Å²) in [5.74, 6) is -0.284. The zero-order valence-electron chi connectivity index (χ0n) is 10.8. The molecule has 2 aromatic rings. The molecule has 0 aliphatic rings. The maximum Gasteiger partial charge on any atom is 0.191 e. The zero-order valence-corrected chi connectivity index (χ0v) is 11.6. The molecule has 0 saturated carbocycles. The molecule has 0 N–H and O–H groups in total. The highest BCUT2D eigenvalue weighted by atomic mass is 32.1. The van der Waals surface area contributed by atoms with Crippen LogP contribution in [0.3, 0.4) is 0 Å². The van der Waals surface area contributed by atoms with E-state index in [1.54, 1.807) is 26.2 Å². The van der Waals surface area contributed by atoms with Gasteiger partial charge in [-0.25, -0.2) is 9.37 Å². The highest BCUT2D eigenvalue weighted by Gasteiger charge is 2.16. The van der Waals surface area contributed by atoms with Crippen LogP contribution in [0, 0.1) is 5.82 Å². The second kappa shape index (κ2) is 6.04. The van der Waals surface area contributed by atoms with Crippen LogP contribution in [0.25, 0.3) is 11.3 Å². The van der Waals surface area contributed by atoms with Crippen LogP contribution in [0.5, 0.6) is 0 Å². The first-order valence-corrected chi connectivity index (χ1v) is 6.75. The van der Waals surface area contributed by atoms with Gasteiger partial charge in [0.2, 0.25) is 0 Å². The summed E-state index contributed by atoms with van der Waals surface area (Å²) in [6, 6.07) is 6.08. The first-order valence-electron chi connectivity index (χ1n) is 5.93. The summed E-state index contributed by atoms with van der Waals surface area (Å²) in [6.45, 7) is 2.19. The third kappa shape index (κ3) is 3.05. The van der Waals surface area contributed by atoms with E-state index in [2.05, 4.69) is 4.98 Å². The molecule has 100 valence electrons. The number of carbonyl (C=O) groups excluding carboxylic acids is 1. The highest BCUT2D eigenvalue weighted by molar-refractivity contribution is 7.14. The first-order chi connectivity index (χ1) is 9.15. The third-order valence-electron chi connectivity index (χ3n) is 2.65. The first kappa shape index (κ1) is 13.8. The molecule has 19 heavy (non-hydrogen) atoms. The van der Waals surface area contributed by atoms with Crippen LogP contribution >= 0.6 is 11.3 Å². The van der Waals surface area contributed by atoms with Crippen molar-refractivity contribution in [3.63, 3.8) is 0 Å². The summed E-state index contributed by atoms with van der Waals surface area (Å²) in [4.78, 5) is 17.0. The summed E-state index contributed by atoms with van der Waals surface area (Å²) in [7, 11) is 1.59. The van der Waals surface area contributed by atoms with Gasteiger partial charge in [-0.15, -0.1) is 11.3 Å². The van der Waals surface area contributed by atoms with E-state index in [0.717, 1.165) is 10.4 Å². The zero-order chi connectivity index (χ0) is 13.8. The van der Waals surface area contributed by atoms with Gasteiger partial charge >= 0.3 is 0 Å². The van der Waals surface area contributed by atoms with Crippen molar-refractivity contribution in [3.8, 4) is 11.3 Å². The van der Waals surface area contributed by atoms with Gasteiger partial charge in [0.1, 0.15) is 5.82 Å². The Morgan fingerprint density at radius 1 is 1.37 bits per heavy atom. The molecule has 0 fully saturated rings. The van der Waals surface area contributed by atoms with Gasteiger partial charge < -0.3 is 4.74 Å². The fourth-order valence-electron chi connectivity index (χ4n) is 1.68. The molecule has 0 spiro atoms. The number of ketones is 1. The largest absolute Gasteiger partial charge is 0.379 e. The van der Waals surface area contributed by atoms with Crippen molar-refractivity contribution in [1.82, 2.24) is 4.98 Å². The van der Waals surface area contributed by atoms with Gasteiger partial charge in [0.05, 0.1) is 17.2 Å². The number of methoxy groups -OCH3 is 1. The maximum atomic E-state index is 12.9. The summed E-state index contributed by atoms with van der Waals surface area (Å²) < 4.78 is 18.1. The highest BCUT2D eigenvalue weighted by Crippen LogP contribution is 2.29. The van der Waals surface area contributed by atoms with Crippen molar-refractivity contribution in [3.05, 3.63) is 40.0 Å². The fraction of sp³-hybridized carbons (Fsp3) is 0.286. The van der Waals surface area contributed by atoms with Gasteiger partial charge in [0.15, 0.2) is 10.8 Å². The molecule has 0 aliphatic heterocycles. The Hall–Kier alpha value is -1.59. The molecule has 1 heterocycles. The van der Waals surface area contributed by atoms with Gasteiger partial charge in [-0.05, 0) is 24.3 Å². The van der Waals surface area contributed by atoms with E-state index < -0.39 is 0 Å². The minimum absolute atomic E-state index is 0.00992. The minimum Gasteiger partial charge on any atom is -0.379 e. The molecule has 2 rings (SSSR count). The fourth-order valence-corrected chi connectivity index (χ4v) is 2.75. The lowest BCUT2D eigenvalue weighted by atomic mass is 10.1. The van der Waals surface area contributed by atoms with Crippen molar-refractivity contribution in [2.24, 2.45) is 0 Å². The number of rotatable bonds is 5. The van der Waals surface area contributed by atoms with Crippen molar-refractivity contribution in [2.45, 2.75) is 20.0 Å². The van der Waals surface area contributed by atoms with Gasteiger partial charge in [0, 0.05) is 19.1 Å². The van der Waals surface area contributed by atoms with Gasteiger partial charge in [-0.3, -0.25) is 4.79 Å². The Labute approximate surface area is 115 Å². The van der Waals surface area contributed by atoms with Gasteiger partial charge in [-0.1, -0.05) is 6.92 Å². The molecule has 0 atom stereocenters. The van der Waals surface area contributed by atoms with E-state index in [1.807, 2.05) is 0 Å². The lowest BCUT2D eigenvalue weighted by Crippen LogP contribution is -1.94. The van der Waals surface area contributed by atoms with Gasteiger partial charge in [-0.2, -0.15) is 0 Å². The topological polar surface area (TPSA) is 39.2 Å². The number of halogens is 1. The Balaban J connectivity index is 2.45. The van der Waals surface area contributed by atoms with E-state index in [4.69, 9.17) is 4.74 Å². The molecule has 0 saturated heterocycles. The summed E-state index contributed by atoms with van der Waals surface area (Å²) >= 11 is 1.34. The monoisotopic (exact) mass is 279 g/mol. The number of hydrogen-bond acceptors (Lipinski definition) is 4. The van der Waals surface area contributed by atoms with Crippen LogP contribution in [0.2, 0.25) is 0 Å². The minimum atomic E-state index is -0.294. The second-order valence-corrected chi connectivity index (χ2v) is 5.09. The Morgan fingerprint density at radius 3 is 2.63 bits per heavy atom. The molecular weight excluding hydrogens is 265 g/mol. The Bertz CT molecular complexity index is 578. The number of benzene rings is 1. The predicted molar refractivity (Wildman–Crippen MR) is 72.8 cm³/mol. The van der Waals surface area contributed by atoms with Crippen molar-refractivity contribution in [2.75, 3.05) is 7.11 Å². The molecule has 0 bridgehead atoms. The number of carbonyl (C=O) groups is 1. The molecule has 0 unspecified atom stereocenters. The van der Waals surface area contributed by atoms with Crippen LogP contribution in [0.15, 0.2) is 24.3 Å². The molecule has 0 aliphatic carbocycles. The summed E-state index contributed by atoms with van der Waals surface area (Å²) in [5.41, 5.74) is 1.49. The average molecular weight is 279 g/mol. The number of hydrogen-bond donors (Lipinski definition) is 0. The quantitative estimate of drug-likeness (QED) is 0.784. The maximum absolute atomic E-state index is 12.9. The normalized spacial score (nSPS) is 10.7. The van der Waals surface area contributed by atoms with Crippen LogP contribution < -0.4 is 0 Å². The van der Waals surface area contributed by atoms with Gasteiger partial charge in [0.25, 0.3) is 0 Å². The van der Waals surface area contributed by atoms with E-state index in [-0.39, 0.29) is 11.6 Å². The van der Waals surface area contributed by atoms with E-state index in [1.165, 1.54) is 23.5 Å². The number of Topliss-reactive ketones (excluding diaryl/α,β-unsaturated/α-hetero) is 1. The molecular formula is C14H14FNO2S. The Morgan fingerprint density at radius 2 is 2.05 bits per heavy atom. The van der Waals surface area contributed by atoms with Crippen LogP contribution in [-0.4, -0.2) is 17.9 Å². The standard InChI is InChI=1S/C14H14FNO2S/c1-3-11(17)14-16-13(12(19-14)8-18-2)9-4-6-10(15)7-5-9/h4-7H,3,8H2,1-2H3. The molecule has 3 nitrogen and oxygen atoms in total. The molecule has 1 aromatic carbocycles. The Kier molecular flexibility index (Phi) is 4.39. The molecule has 5 heteroatoms. The van der Waals surface area contributed by atoms with Crippen molar-refractivity contribution in [1.29, 1.82) is 0 Å². The number of nitrogens with zero attached hydrogens (tertiary/aromatic N) is 1. The third-order valence-corrected chi connectivity index (χ3v) is 3.72. The summed E-state index contributed by atoms with van der Waals surface area (Å²) in [5, 5.41) is 0.480. The average Bonchev–Trinajstić information content (AvgIpc) is 2.83.